The van der Waals surface area contributed by atoms with E-state index >= 15 is 0 Å². The second-order valence-corrected chi connectivity index (χ2v) is 9.45. The number of aliphatic hydroxyl groups is 1. The Morgan fingerprint density at radius 3 is 2.40 bits per heavy atom. The minimum absolute atomic E-state index is 0.0552. The normalized spacial score (nSPS) is 16.2. The lowest BCUT2D eigenvalue weighted by molar-refractivity contribution is -0.140. The van der Waals surface area contributed by atoms with E-state index in [4.69, 9.17) is 9.47 Å². The molecule has 1 saturated heterocycles. The molecule has 1 aliphatic rings. The molecule has 1 amide bonds. The molecule has 1 aliphatic heterocycles. The van der Waals surface area contributed by atoms with Crippen molar-refractivity contribution in [3.8, 4) is 17.2 Å². The third-order valence-electron chi connectivity index (χ3n) is 6.95. The van der Waals surface area contributed by atoms with Gasteiger partial charge < -0.3 is 24.6 Å². The lowest BCUT2D eigenvalue weighted by Crippen LogP contribution is -2.29. The van der Waals surface area contributed by atoms with Crippen molar-refractivity contribution in [1.29, 1.82) is 0 Å². The summed E-state index contributed by atoms with van der Waals surface area (Å²) in [5, 5.41) is 21.5. The topological polar surface area (TPSA) is 109 Å². The molecule has 0 bridgehead atoms. The van der Waals surface area contributed by atoms with Crippen LogP contribution in [-0.2, 0) is 22.7 Å². The first-order valence-corrected chi connectivity index (χ1v) is 12.7. The number of carbonyl (C=O) groups excluding carboxylic acids is 2. The van der Waals surface area contributed by atoms with Gasteiger partial charge in [0.1, 0.15) is 18.1 Å². The van der Waals surface area contributed by atoms with E-state index in [1.54, 1.807) is 60.9 Å². The van der Waals surface area contributed by atoms with Crippen LogP contribution in [-0.4, -0.2) is 38.9 Å². The fourth-order valence-corrected chi connectivity index (χ4v) is 4.74. The van der Waals surface area contributed by atoms with Crippen LogP contribution in [0.4, 0.5) is 0 Å². The van der Waals surface area contributed by atoms with Crippen molar-refractivity contribution >= 4 is 17.4 Å². The summed E-state index contributed by atoms with van der Waals surface area (Å²) >= 11 is 0. The molecule has 0 radical (unpaired) electrons. The molecule has 1 atom stereocenters. The Hall–Kier alpha value is -5.11. The van der Waals surface area contributed by atoms with Gasteiger partial charge >= 0.3 is 0 Å². The largest absolute Gasteiger partial charge is 0.507 e. The van der Waals surface area contributed by atoms with Gasteiger partial charge in [0.2, 0.25) is 0 Å². The summed E-state index contributed by atoms with van der Waals surface area (Å²) in [6.07, 6.45) is 3.21. The highest BCUT2D eigenvalue weighted by Gasteiger charge is 2.46. The van der Waals surface area contributed by atoms with E-state index < -0.39 is 17.7 Å². The third-order valence-corrected chi connectivity index (χ3v) is 6.95. The summed E-state index contributed by atoms with van der Waals surface area (Å²) in [6, 6.07) is 21.8. The van der Waals surface area contributed by atoms with Crippen LogP contribution >= 0.6 is 0 Å². The lowest BCUT2D eigenvalue weighted by atomic mass is 9.94. The highest BCUT2D eigenvalue weighted by Crippen LogP contribution is 2.42. The van der Waals surface area contributed by atoms with Gasteiger partial charge in [0.15, 0.2) is 11.5 Å². The van der Waals surface area contributed by atoms with Crippen molar-refractivity contribution in [3.05, 3.63) is 125 Å². The smallest absolute Gasteiger partial charge is 0.295 e. The second kappa shape index (κ2) is 11.3. The van der Waals surface area contributed by atoms with Gasteiger partial charge in [-0.25, -0.2) is 0 Å². The highest BCUT2D eigenvalue weighted by molar-refractivity contribution is 6.46. The summed E-state index contributed by atoms with van der Waals surface area (Å²) in [7, 11) is 1.41. The Morgan fingerprint density at radius 2 is 1.70 bits per heavy atom. The SMILES string of the molecule is COc1cc([C@@H]2C(=C(O)c3ccc(OCc4ccccc4C)cc3)C(=O)C(=O)N2Cc2ccncc2)ccc1O. The first kappa shape index (κ1) is 26.5. The quantitative estimate of drug-likeness (QED) is 0.179. The first-order chi connectivity index (χ1) is 19.4. The Balaban J connectivity index is 1.51. The summed E-state index contributed by atoms with van der Waals surface area (Å²) in [6.45, 7) is 2.52. The van der Waals surface area contributed by atoms with Crippen LogP contribution in [0.3, 0.4) is 0 Å². The number of aryl methyl sites for hydroxylation is 1. The molecule has 0 aliphatic carbocycles. The summed E-state index contributed by atoms with van der Waals surface area (Å²) in [4.78, 5) is 32.0. The van der Waals surface area contributed by atoms with E-state index in [1.165, 1.54) is 18.1 Å². The molecule has 1 fully saturated rings. The number of nitrogens with zero attached hydrogens (tertiary/aromatic N) is 2. The molecule has 2 heterocycles. The first-order valence-electron chi connectivity index (χ1n) is 12.7. The predicted molar refractivity (Wildman–Crippen MR) is 149 cm³/mol. The Morgan fingerprint density at radius 1 is 0.975 bits per heavy atom. The number of hydrogen-bond donors (Lipinski definition) is 2. The molecule has 1 aromatic heterocycles. The number of rotatable bonds is 8. The van der Waals surface area contributed by atoms with E-state index in [0.717, 1.165) is 16.7 Å². The van der Waals surface area contributed by atoms with Gasteiger partial charge in [-0.1, -0.05) is 30.3 Å². The maximum atomic E-state index is 13.4. The van der Waals surface area contributed by atoms with Crippen LogP contribution in [0.2, 0.25) is 0 Å². The average molecular weight is 537 g/mol. The number of carbonyl (C=O) groups is 2. The maximum absolute atomic E-state index is 13.4. The molecule has 8 nitrogen and oxygen atoms in total. The van der Waals surface area contributed by atoms with E-state index in [0.29, 0.717) is 23.5 Å². The minimum atomic E-state index is -0.917. The molecular weight excluding hydrogens is 508 g/mol. The molecular formula is C32H28N2O6. The van der Waals surface area contributed by atoms with E-state index in [-0.39, 0.29) is 29.4 Å². The zero-order valence-corrected chi connectivity index (χ0v) is 22.1. The molecule has 40 heavy (non-hydrogen) atoms. The monoisotopic (exact) mass is 536 g/mol. The van der Waals surface area contributed by atoms with Gasteiger partial charge in [0.25, 0.3) is 11.7 Å². The molecule has 8 heteroatoms. The molecule has 4 aromatic rings. The van der Waals surface area contributed by atoms with Crippen molar-refractivity contribution < 1.29 is 29.3 Å². The molecule has 0 spiro atoms. The number of Topliss-reactive ketones (excluding diaryl/α,β-unsaturated/α-hetero) is 1. The lowest BCUT2D eigenvalue weighted by Gasteiger charge is -2.26. The number of aliphatic hydroxyl groups excluding tert-OH is 1. The van der Waals surface area contributed by atoms with Crippen LogP contribution in [0.25, 0.3) is 5.76 Å². The number of likely N-dealkylation sites (tertiary alicyclic amines) is 1. The maximum Gasteiger partial charge on any atom is 0.295 e. The van der Waals surface area contributed by atoms with Crippen molar-refractivity contribution in [2.24, 2.45) is 0 Å². The average Bonchev–Trinajstić information content (AvgIpc) is 3.22. The number of methoxy groups -OCH3 is 1. The number of phenols is 1. The number of ether oxygens (including phenoxy) is 2. The zero-order chi connectivity index (χ0) is 28.2. The van der Waals surface area contributed by atoms with E-state index in [9.17, 15) is 19.8 Å². The van der Waals surface area contributed by atoms with Gasteiger partial charge in [-0.05, 0) is 77.7 Å². The number of amides is 1. The van der Waals surface area contributed by atoms with Gasteiger partial charge in [-0.15, -0.1) is 0 Å². The highest BCUT2D eigenvalue weighted by atomic mass is 16.5. The Kier molecular flexibility index (Phi) is 7.50. The molecule has 2 N–H and O–H groups in total. The number of hydrogen-bond acceptors (Lipinski definition) is 7. The number of ketones is 1. The van der Waals surface area contributed by atoms with E-state index in [2.05, 4.69) is 4.98 Å². The predicted octanol–water partition coefficient (Wildman–Crippen LogP) is 5.31. The number of aromatic nitrogens is 1. The van der Waals surface area contributed by atoms with Crippen LogP contribution in [0.1, 0.15) is 33.9 Å². The summed E-state index contributed by atoms with van der Waals surface area (Å²) in [5.74, 6) is -1.16. The molecule has 0 saturated carbocycles. The van der Waals surface area contributed by atoms with Gasteiger partial charge in [0, 0.05) is 24.5 Å². The zero-order valence-electron chi connectivity index (χ0n) is 22.1. The minimum Gasteiger partial charge on any atom is -0.507 e. The Labute approximate surface area is 231 Å². The third kappa shape index (κ3) is 5.24. The van der Waals surface area contributed by atoms with Gasteiger partial charge in [0.05, 0.1) is 18.7 Å². The molecule has 3 aromatic carbocycles. The summed E-state index contributed by atoms with van der Waals surface area (Å²) in [5.41, 5.74) is 3.76. The van der Waals surface area contributed by atoms with Gasteiger partial charge in [-0.2, -0.15) is 0 Å². The van der Waals surface area contributed by atoms with Crippen LogP contribution in [0, 0.1) is 6.92 Å². The van der Waals surface area contributed by atoms with Crippen molar-refractivity contribution in [3.63, 3.8) is 0 Å². The van der Waals surface area contributed by atoms with Crippen molar-refractivity contribution in [2.45, 2.75) is 26.1 Å². The van der Waals surface area contributed by atoms with Crippen LogP contribution in [0.5, 0.6) is 17.2 Å². The fraction of sp³-hybridized carbons (Fsp3) is 0.156. The number of benzene rings is 3. The van der Waals surface area contributed by atoms with Crippen molar-refractivity contribution in [2.75, 3.05) is 7.11 Å². The second-order valence-electron chi connectivity index (χ2n) is 9.45. The Bertz CT molecular complexity index is 1580. The van der Waals surface area contributed by atoms with Crippen LogP contribution in [0.15, 0.2) is 96.8 Å². The molecule has 5 rings (SSSR count). The fourth-order valence-electron chi connectivity index (χ4n) is 4.74. The van der Waals surface area contributed by atoms with Crippen LogP contribution < -0.4 is 9.47 Å². The number of pyridine rings is 1. The molecule has 0 unspecified atom stereocenters. The van der Waals surface area contributed by atoms with Crippen molar-refractivity contribution in [1.82, 2.24) is 9.88 Å². The van der Waals surface area contributed by atoms with E-state index in [1.807, 2.05) is 31.2 Å². The van der Waals surface area contributed by atoms with Gasteiger partial charge in [-0.3, -0.25) is 14.6 Å². The number of phenolic OH excluding ortho intramolecular Hbond substituents is 1. The standard InChI is InChI=1S/C32H28N2O6/c1-20-5-3-4-6-24(20)19-40-25-10-7-22(8-11-25)30(36)28-29(23-9-12-26(35)27(17-23)39-2)34(32(38)31(28)37)18-21-13-15-33-16-14-21/h3-17,29,35-36H,18-19H2,1-2H3/t29-/m1/s1. The molecule has 202 valence electrons. The summed E-state index contributed by atoms with van der Waals surface area (Å²) < 4.78 is 11.2. The number of aromatic hydroxyl groups is 1.